The average molecular weight is 495 g/mol. The van der Waals surface area contributed by atoms with Crippen molar-refractivity contribution in [3.8, 4) is 42.4 Å². The van der Waals surface area contributed by atoms with Gasteiger partial charge in [-0.05, 0) is 22.8 Å². The maximum absolute atomic E-state index is 2.29. The van der Waals surface area contributed by atoms with Gasteiger partial charge in [-0.1, -0.05) is 127 Å². The molecule has 2 aromatic heterocycles. The summed E-state index contributed by atoms with van der Waals surface area (Å²) in [6.45, 7) is 0. The normalized spacial score (nSPS) is 11.3. The molecule has 0 atom stereocenters. The molecule has 2 heterocycles. The lowest BCUT2D eigenvalue weighted by Crippen LogP contribution is -1.82. The van der Waals surface area contributed by atoms with Crippen LogP contribution in [0.5, 0.6) is 0 Å². The molecule has 2 heteroatoms. The van der Waals surface area contributed by atoms with Gasteiger partial charge in [-0.25, -0.2) is 0 Å². The molecule has 0 aliphatic rings. The van der Waals surface area contributed by atoms with E-state index in [1.165, 1.54) is 63.3 Å². The van der Waals surface area contributed by atoms with Gasteiger partial charge in [0.15, 0.2) is 0 Å². The van der Waals surface area contributed by atoms with E-state index in [-0.39, 0.29) is 0 Å². The highest BCUT2D eigenvalue weighted by molar-refractivity contribution is 7.28. The van der Waals surface area contributed by atoms with E-state index in [2.05, 4.69) is 133 Å². The van der Waals surface area contributed by atoms with Crippen molar-refractivity contribution in [3.05, 3.63) is 133 Å². The summed E-state index contributed by atoms with van der Waals surface area (Å²) in [7, 11) is 0. The summed E-state index contributed by atoms with van der Waals surface area (Å²) in [5.74, 6) is 0. The van der Waals surface area contributed by atoms with E-state index in [9.17, 15) is 0 Å². The Hall–Kier alpha value is -3.98. The third kappa shape index (κ3) is 3.50. The van der Waals surface area contributed by atoms with Crippen LogP contribution < -0.4 is 0 Å². The Labute approximate surface area is 218 Å². The first-order valence-corrected chi connectivity index (χ1v) is 13.8. The maximum Gasteiger partial charge on any atom is 0.0540 e. The molecule has 0 aliphatic heterocycles. The van der Waals surface area contributed by atoms with Crippen LogP contribution in [0.1, 0.15) is 0 Å². The largest absolute Gasteiger partial charge is 0.134 e. The quantitative estimate of drug-likeness (QED) is 0.228. The van der Waals surface area contributed by atoms with Crippen molar-refractivity contribution in [3.63, 3.8) is 0 Å². The Morgan fingerprint density at radius 2 is 0.861 bits per heavy atom. The SMILES string of the molecule is c1ccc(-c2ccccc2-c2sc(-c3sc4ccccc4c3-c3ccccc3)c3ccccc23)cc1. The summed E-state index contributed by atoms with van der Waals surface area (Å²) in [6.07, 6.45) is 0. The Morgan fingerprint density at radius 1 is 0.333 bits per heavy atom. The summed E-state index contributed by atoms with van der Waals surface area (Å²) in [5.41, 5.74) is 6.42. The van der Waals surface area contributed by atoms with Gasteiger partial charge in [-0.2, -0.15) is 0 Å². The van der Waals surface area contributed by atoms with Crippen LogP contribution in [0, 0.1) is 0 Å². The third-order valence-electron chi connectivity index (χ3n) is 6.74. The van der Waals surface area contributed by atoms with Crippen LogP contribution in [0.25, 0.3) is 63.3 Å². The molecule has 7 rings (SSSR count). The molecular formula is C34H22S2. The molecule has 0 saturated carbocycles. The Kier molecular flexibility index (Phi) is 5.27. The topological polar surface area (TPSA) is 0 Å². The van der Waals surface area contributed by atoms with Gasteiger partial charge in [0.2, 0.25) is 0 Å². The number of rotatable bonds is 4. The lowest BCUT2D eigenvalue weighted by molar-refractivity contribution is 1.62. The molecule has 0 fully saturated rings. The molecule has 0 radical (unpaired) electrons. The molecular weight excluding hydrogens is 473 g/mol. The zero-order chi connectivity index (χ0) is 23.9. The van der Waals surface area contributed by atoms with E-state index < -0.39 is 0 Å². The van der Waals surface area contributed by atoms with Crippen LogP contribution in [0.4, 0.5) is 0 Å². The van der Waals surface area contributed by atoms with Gasteiger partial charge in [-0.15, -0.1) is 22.7 Å². The first kappa shape index (κ1) is 21.3. The predicted molar refractivity (Wildman–Crippen MR) is 159 cm³/mol. The van der Waals surface area contributed by atoms with Crippen molar-refractivity contribution < 1.29 is 0 Å². The summed E-state index contributed by atoms with van der Waals surface area (Å²) < 4.78 is 1.33. The number of thiophene rings is 2. The molecule has 0 saturated heterocycles. The van der Waals surface area contributed by atoms with Crippen LogP contribution in [0.15, 0.2) is 133 Å². The van der Waals surface area contributed by atoms with Crippen LogP contribution >= 0.6 is 22.7 Å². The zero-order valence-corrected chi connectivity index (χ0v) is 21.2. The summed E-state index contributed by atoms with van der Waals surface area (Å²) >= 11 is 3.83. The minimum Gasteiger partial charge on any atom is -0.134 e. The van der Waals surface area contributed by atoms with E-state index in [0.717, 1.165) is 0 Å². The lowest BCUT2D eigenvalue weighted by Gasteiger charge is -2.09. The first-order chi connectivity index (χ1) is 17.9. The molecule has 0 nitrogen and oxygen atoms in total. The van der Waals surface area contributed by atoms with E-state index >= 15 is 0 Å². The fourth-order valence-electron chi connectivity index (χ4n) is 5.11. The van der Waals surface area contributed by atoms with E-state index in [1.54, 1.807) is 0 Å². The predicted octanol–water partition coefficient (Wildman–Crippen LogP) is 10.8. The average Bonchev–Trinajstić information content (AvgIpc) is 3.53. The number of hydrogen-bond donors (Lipinski definition) is 0. The molecule has 170 valence electrons. The summed E-state index contributed by atoms with van der Waals surface area (Å²) in [5, 5.41) is 3.97. The van der Waals surface area contributed by atoms with Gasteiger partial charge in [0.25, 0.3) is 0 Å². The van der Waals surface area contributed by atoms with Gasteiger partial charge in [-0.3, -0.25) is 0 Å². The minimum atomic E-state index is 1.25. The molecule has 0 amide bonds. The summed E-state index contributed by atoms with van der Waals surface area (Å²) in [6, 6.07) is 48.1. The smallest absolute Gasteiger partial charge is 0.0540 e. The number of fused-ring (bicyclic) bond motifs is 2. The Bertz CT molecular complexity index is 1820. The first-order valence-electron chi connectivity index (χ1n) is 12.1. The molecule has 0 spiro atoms. The van der Waals surface area contributed by atoms with E-state index in [0.29, 0.717) is 0 Å². The second-order valence-electron chi connectivity index (χ2n) is 8.89. The van der Waals surface area contributed by atoms with Crippen LogP contribution in [0.2, 0.25) is 0 Å². The van der Waals surface area contributed by atoms with Crippen molar-refractivity contribution in [2.75, 3.05) is 0 Å². The molecule has 0 bridgehead atoms. The van der Waals surface area contributed by atoms with Gasteiger partial charge in [0.1, 0.15) is 0 Å². The second-order valence-corrected chi connectivity index (χ2v) is 11.0. The standard InChI is InChI=1S/C34H22S2/c1-3-13-23(14-4-1)25-17-7-8-18-26(25)32-27-19-9-10-20-28(27)33(36-32)34-31(24-15-5-2-6-16-24)29-21-11-12-22-30(29)35-34/h1-22H. The highest BCUT2D eigenvalue weighted by Crippen LogP contribution is 2.52. The van der Waals surface area contributed by atoms with Crippen molar-refractivity contribution in [2.45, 2.75) is 0 Å². The fraction of sp³-hybridized carbons (Fsp3) is 0. The second kappa shape index (κ2) is 8.91. The number of hydrogen-bond acceptors (Lipinski definition) is 2. The zero-order valence-electron chi connectivity index (χ0n) is 19.5. The summed E-state index contributed by atoms with van der Waals surface area (Å²) in [4.78, 5) is 4.03. The van der Waals surface area contributed by atoms with Crippen molar-refractivity contribution in [2.24, 2.45) is 0 Å². The lowest BCUT2D eigenvalue weighted by atomic mass is 9.96. The van der Waals surface area contributed by atoms with Crippen LogP contribution in [-0.2, 0) is 0 Å². The van der Waals surface area contributed by atoms with E-state index in [1.807, 2.05) is 22.7 Å². The number of benzene rings is 5. The highest BCUT2D eigenvalue weighted by atomic mass is 32.1. The molecule has 5 aromatic carbocycles. The molecule has 7 aromatic rings. The van der Waals surface area contributed by atoms with Crippen molar-refractivity contribution >= 4 is 43.5 Å². The molecule has 0 unspecified atom stereocenters. The van der Waals surface area contributed by atoms with Crippen LogP contribution in [0.3, 0.4) is 0 Å². The van der Waals surface area contributed by atoms with Gasteiger partial charge in [0, 0.05) is 36.9 Å². The van der Waals surface area contributed by atoms with E-state index in [4.69, 9.17) is 0 Å². The minimum absolute atomic E-state index is 1.25. The molecule has 0 aliphatic carbocycles. The Morgan fingerprint density at radius 3 is 1.58 bits per heavy atom. The van der Waals surface area contributed by atoms with Gasteiger partial charge < -0.3 is 0 Å². The van der Waals surface area contributed by atoms with Gasteiger partial charge in [0.05, 0.1) is 9.75 Å². The van der Waals surface area contributed by atoms with Gasteiger partial charge >= 0.3 is 0 Å². The highest BCUT2D eigenvalue weighted by Gasteiger charge is 2.22. The fourth-order valence-corrected chi connectivity index (χ4v) is 7.80. The Balaban J connectivity index is 1.53. The van der Waals surface area contributed by atoms with Crippen molar-refractivity contribution in [1.29, 1.82) is 0 Å². The monoisotopic (exact) mass is 494 g/mol. The maximum atomic E-state index is 2.29. The molecule has 36 heavy (non-hydrogen) atoms. The third-order valence-corrected chi connectivity index (χ3v) is 9.33. The van der Waals surface area contributed by atoms with Crippen molar-refractivity contribution in [1.82, 2.24) is 0 Å². The van der Waals surface area contributed by atoms with Crippen LogP contribution in [-0.4, -0.2) is 0 Å². The molecule has 0 N–H and O–H groups in total.